The van der Waals surface area contributed by atoms with Gasteiger partial charge < -0.3 is 10.3 Å². The fraction of sp³-hybridized carbons (Fsp3) is 0.750. The number of rotatable bonds is 5. The Morgan fingerprint density at radius 1 is 1.47 bits per heavy atom. The van der Waals surface area contributed by atoms with Gasteiger partial charge in [-0.25, -0.2) is 4.98 Å². The van der Waals surface area contributed by atoms with Gasteiger partial charge in [0.15, 0.2) is 0 Å². The summed E-state index contributed by atoms with van der Waals surface area (Å²) in [7, 11) is 0. The summed E-state index contributed by atoms with van der Waals surface area (Å²) in [6.45, 7) is 10.00. The smallest absolute Gasteiger partial charge is 0.107 e. The van der Waals surface area contributed by atoms with Crippen LogP contribution in [0.2, 0.25) is 0 Å². The monoisotopic (exact) mass is 209 g/mol. The predicted molar refractivity (Wildman–Crippen MR) is 63.8 cm³/mol. The Hall–Kier alpha value is -0.830. The molecular formula is C12H23N3. The highest BCUT2D eigenvalue weighted by Gasteiger charge is 2.18. The van der Waals surface area contributed by atoms with Gasteiger partial charge >= 0.3 is 0 Å². The number of imidazole rings is 1. The minimum absolute atomic E-state index is 0.361. The van der Waals surface area contributed by atoms with Crippen molar-refractivity contribution in [3.05, 3.63) is 18.2 Å². The van der Waals surface area contributed by atoms with Crippen molar-refractivity contribution in [3.63, 3.8) is 0 Å². The van der Waals surface area contributed by atoms with Gasteiger partial charge in [-0.3, -0.25) is 0 Å². The molecule has 0 saturated carbocycles. The number of nitrogens with zero attached hydrogens (tertiary/aromatic N) is 1. The minimum Gasteiger partial charge on any atom is -0.349 e. The Morgan fingerprint density at radius 2 is 2.20 bits per heavy atom. The van der Waals surface area contributed by atoms with Crippen LogP contribution in [-0.2, 0) is 6.42 Å². The maximum absolute atomic E-state index is 4.27. The highest BCUT2D eigenvalue weighted by atomic mass is 14.9. The van der Waals surface area contributed by atoms with Gasteiger partial charge in [-0.2, -0.15) is 0 Å². The van der Waals surface area contributed by atoms with Gasteiger partial charge in [-0.1, -0.05) is 27.7 Å². The number of likely N-dealkylation sites (N-methyl/N-ethyl adjacent to an activating group) is 1. The summed E-state index contributed by atoms with van der Waals surface area (Å²) in [6, 6.07) is 0.515. The second kappa shape index (κ2) is 5.31. The molecule has 1 atom stereocenters. The zero-order valence-electron chi connectivity index (χ0n) is 10.3. The molecule has 0 aliphatic heterocycles. The first-order valence-corrected chi connectivity index (χ1v) is 5.73. The van der Waals surface area contributed by atoms with Crippen molar-refractivity contribution in [2.24, 2.45) is 5.41 Å². The second-order valence-electron chi connectivity index (χ2n) is 5.26. The quantitative estimate of drug-likeness (QED) is 0.781. The molecule has 0 aliphatic carbocycles. The normalized spacial score (nSPS) is 14.1. The zero-order chi connectivity index (χ0) is 11.3. The molecule has 1 unspecified atom stereocenters. The molecule has 1 aromatic heterocycles. The van der Waals surface area contributed by atoms with Crippen molar-refractivity contribution in [2.75, 3.05) is 6.54 Å². The van der Waals surface area contributed by atoms with E-state index < -0.39 is 0 Å². The van der Waals surface area contributed by atoms with Crippen LogP contribution in [0.5, 0.6) is 0 Å². The average molecular weight is 209 g/mol. The molecule has 0 fully saturated rings. The zero-order valence-corrected chi connectivity index (χ0v) is 10.3. The molecule has 3 nitrogen and oxygen atoms in total. The molecule has 0 bridgehead atoms. The summed E-state index contributed by atoms with van der Waals surface area (Å²) < 4.78 is 0. The molecule has 15 heavy (non-hydrogen) atoms. The predicted octanol–water partition coefficient (Wildman–Crippen LogP) is 2.37. The summed E-state index contributed by atoms with van der Waals surface area (Å²) in [5.41, 5.74) is 0.361. The van der Waals surface area contributed by atoms with E-state index in [0.29, 0.717) is 11.5 Å². The summed E-state index contributed by atoms with van der Waals surface area (Å²) in [6.07, 6.45) is 5.85. The summed E-state index contributed by atoms with van der Waals surface area (Å²) in [5, 5.41) is 3.52. The highest BCUT2D eigenvalue weighted by Crippen LogP contribution is 2.21. The first-order valence-electron chi connectivity index (χ1n) is 5.73. The lowest BCUT2D eigenvalue weighted by Gasteiger charge is -2.26. The topological polar surface area (TPSA) is 40.7 Å². The van der Waals surface area contributed by atoms with Crippen molar-refractivity contribution in [3.8, 4) is 0 Å². The summed E-state index contributed by atoms with van der Waals surface area (Å²) in [5.74, 6) is 1.07. The van der Waals surface area contributed by atoms with Crippen LogP contribution in [0.25, 0.3) is 0 Å². The van der Waals surface area contributed by atoms with Crippen molar-refractivity contribution in [1.82, 2.24) is 15.3 Å². The molecule has 2 N–H and O–H groups in total. The van der Waals surface area contributed by atoms with Crippen LogP contribution in [0.15, 0.2) is 12.4 Å². The molecule has 86 valence electrons. The van der Waals surface area contributed by atoms with Crippen LogP contribution in [-0.4, -0.2) is 22.6 Å². The number of aromatic nitrogens is 2. The molecule has 1 rings (SSSR count). The number of hydrogen-bond donors (Lipinski definition) is 2. The third kappa shape index (κ3) is 4.98. The van der Waals surface area contributed by atoms with Crippen LogP contribution >= 0.6 is 0 Å². The Morgan fingerprint density at radius 3 is 2.67 bits per heavy atom. The molecular weight excluding hydrogens is 186 g/mol. The minimum atomic E-state index is 0.361. The van der Waals surface area contributed by atoms with Crippen molar-refractivity contribution in [2.45, 2.75) is 46.6 Å². The van der Waals surface area contributed by atoms with Gasteiger partial charge in [-0.05, 0) is 18.4 Å². The van der Waals surface area contributed by atoms with E-state index in [1.807, 2.05) is 12.4 Å². The van der Waals surface area contributed by atoms with Crippen molar-refractivity contribution in [1.29, 1.82) is 0 Å². The van der Waals surface area contributed by atoms with E-state index in [9.17, 15) is 0 Å². The van der Waals surface area contributed by atoms with Gasteiger partial charge in [0.05, 0.1) is 0 Å². The molecule has 0 aliphatic rings. The SMILES string of the molecule is CCNC(Cc1ncc[nH]1)CC(C)(C)C. The van der Waals surface area contributed by atoms with Gasteiger partial charge in [-0.15, -0.1) is 0 Å². The number of aromatic amines is 1. The molecule has 1 heterocycles. The average Bonchev–Trinajstić information content (AvgIpc) is 2.54. The van der Waals surface area contributed by atoms with Gasteiger partial charge in [0.2, 0.25) is 0 Å². The maximum Gasteiger partial charge on any atom is 0.107 e. The van der Waals surface area contributed by atoms with Gasteiger partial charge in [0, 0.05) is 24.9 Å². The number of H-pyrrole nitrogens is 1. The first kappa shape index (κ1) is 12.2. The lowest BCUT2D eigenvalue weighted by Crippen LogP contribution is -2.34. The fourth-order valence-corrected chi connectivity index (χ4v) is 1.89. The maximum atomic E-state index is 4.27. The Bertz CT molecular complexity index is 259. The first-order chi connectivity index (χ1) is 7.01. The standard InChI is InChI=1S/C12H23N3/c1-5-13-10(9-12(2,3)4)8-11-14-6-7-15-11/h6-7,10,13H,5,8-9H2,1-4H3,(H,14,15). The second-order valence-corrected chi connectivity index (χ2v) is 5.26. The van der Waals surface area contributed by atoms with Crippen LogP contribution in [0.4, 0.5) is 0 Å². The molecule has 0 radical (unpaired) electrons. The van der Waals surface area contributed by atoms with Gasteiger partial charge in [0.1, 0.15) is 5.82 Å². The third-order valence-electron chi connectivity index (χ3n) is 2.35. The molecule has 1 aromatic rings. The summed E-state index contributed by atoms with van der Waals surface area (Å²) >= 11 is 0. The fourth-order valence-electron chi connectivity index (χ4n) is 1.89. The molecule has 0 amide bonds. The Kier molecular flexibility index (Phi) is 4.33. The largest absolute Gasteiger partial charge is 0.349 e. The van der Waals surface area contributed by atoms with E-state index in [1.165, 1.54) is 6.42 Å². The lowest BCUT2D eigenvalue weighted by molar-refractivity contribution is 0.307. The lowest BCUT2D eigenvalue weighted by atomic mass is 9.87. The number of hydrogen-bond acceptors (Lipinski definition) is 2. The van der Waals surface area contributed by atoms with Gasteiger partial charge in [0.25, 0.3) is 0 Å². The van der Waals surface area contributed by atoms with E-state index in [2.05, 4.69) is 43.0 Å². The number of nitrogens with one attached hydrogen (secondary N) is 2. The third-order valence-corrected chi connectivity index (χ3v) is 2.35. The van der Waals surface area contributed by atoms with E-state index in [4.69, 9.17) is 0 Å². The summed E-state index contributed by atoms with van der Waals surface area (Å²) in [4.78, 5) is 7.43. The van der Waals surface area contributed by atoms with Crippen LogP contribution in [0.3, 0.4) is 0 Å². The molecule has 0 spiro atoms. The Balaban J connectivity index is 2.51. The Labute approximate surface area is 92.7 Å². The van der Waals surface area contributed by atoms with E-state index in [-0.39, 0.29) is 0 Å². The highest BCUT2D eigenvalue weighted by molar-refractivity contribution is 4.92. The molecule has 0 saturated heterocycles. The molecule has 3 heteroatoms. The van der Waals surface area contributed by atoms with Crippen LogP contribution in [0.1, 0.15) is 39.9 Å². The van der Waals surface area contributed by atoms with E-state index in [1.54, 1.807) is 0 Å². The van der Waals surface area contributed by atoms with E-state index >= 15 is 0 Å². The van der Waals surface area contributed by atoms with E-state index in [0.717, 1.165) is 18.8 Å². The molecule has 0 aromatic carbocycles. The van der Waals surface area contributed by atoms with Crippen molar-refractivity contribution < 1.29 is 0 Å². The van der Waals surface area contributed by atoms with Crippen LogP contribution in [0, 0.1) is 5.41 Å². The van der Waals surface area contributed by atoms with Crippen LogP contribution < -0.4 is 5.32 Å². The van der Waals surface area contributed by atoms with Crippen molar-refractivity contribution >= 4 is 0 Å².